The Hall–Kier alpha value is -0.830. The van der Waals surface area contributed by atoms with Gasteiger partial charge < -0.3 is 10.5 Å². The fourth-order valence-electron chi connectivity index (χ4n) is 1.43. The molecule has 0 radical (unpaired) electrons. The maximum Gasteiger partial charge on any atom is 0.307 e. The average molecular weight is 169 g/mol. The Morgan fingerprint density at radius 2 is 2.25 bits per heavy atom. The van der Waals surface area contributed by atoms with Crippen LogP contribution in [0.4, 0.5) is 0 Å². The summed E-state index contributed by atoms with van der Waals surface area (Å²) in [4.78, 5) is 10.9. The van der Waals surface area contributed by atoms with Crippen LogP contribution in [0.25, 0.3) is 0 Å². The Bertz CT molecular complexity index is 181. The minimum atomic E-state index is -0.214. The summed E-state index contributed by atoms with van der Waals surface area (Å²) in [5.74, 6) is 0.221. The van der Waals surface area contributed by atoms with E-state index in [1.165, 1.54) is 7.11 Å². The first-order valence-electron chi connectivity index (χ1n) is 4.21. The molecule has 0 amide bonds. The van der Waals surface area contributed by atoms with Crippen LogP contribution in [-0.4, -0.2) is 19.1 Å². The summed E-state index contributed by atoms with van der Waals surface area (Å²) >= 11 is 0. The minimum absolute atomic E-state index is 0.0487. The van der Waals surface area contributed by atoms with Crippen LogP contribution in [0.1, 0.15) is 19.3 Å². The highest BCUT2D eigenvalue weighted by molar-refractivity contribution is 5.69. The lowest BCUT2D eigenvalue weighted by Gasteiger charge is -2.16. The van der Waals surface area contributed by atoms with Crippen LogP contribution in [-0.2, 0) is 9.53 Å². The summed E-state index contributed by atoms with van der Waals surface area (Å²) < 4.78 is 4.54. The molecule has 1 atom stereocenters. The number of rotatable bonds is 3. The van der Waals surface area contributed by atoms with Crippen LogP contribution < -0.4 is 5.73 Å². The van der Waals surface area contributed by atoms with Crippen LogP contribution in [0, 0.1) is 5.92 Å². The van der Waals surface area contributed by atoms with E-state index in [2.05, 4.69) is 16.9 Å². The molecule has 0 fully saturated rings. The van der Waals surface area contributed by atoms with Gasteiger partial charge in [-0.25, -0.2) is 0 Å². The van der Waals surface area contributed by atoms with Crippen molar-refractivity contribution in [3.63, 3.8) is 0 Å². The molecule has 1 aliphatic rings. The summed E-state index contributed by atoms with van der Waals surface area (Å²) in [6.07, 6.45) is 6.56. The molecule has 1 unspecified atom stereocenters. The van der Waals surface area contributed by atoms with E-state index in [4.69, 9.17) is 5.73 Å². The van der Waals surface area contributed by atoms with Crippen molar-refractivity contribution in [3.8, 4) is 0 Å². The maximum atomic E-state index is 10.9. The molecule has 0 aromatic carbocycles. The van der Waals surface area contributed by atoms with Gasteiger partial charge in [0.2, 0.25) is 0 Å². The van der Waals surface area contributed by atoms with Crippen molar-refractivity contribution < 1.29 is 9.53 Å². The van der Waals surface area contributed by atoms with Gasteiger partial charge in [-0.3, -0.25) is 4.79 Å². The highest BCUT2D eigenvalue weighted by Crippen LogP contribution is 2.21. The van der Waals surface area contributed by atoms with E-state index in [1.807, 2.05) is 0 Å². The van der Waals surface area contributed by atoms with Crippen molar-refractivity contribution in [2.45, 2.75) is 25.3 Å². The Morgan fingerprint density at radius 1 is 1.67 bits per heavy atom. The molecule has 0 spiro atoms. The highest BCUT2D eigenvalue weighted by Gasteiger charge is 2.21. The third kappa shape index (κ3) is 2.34. The smallest absolute Gasteiger partial charge is 0.307 e. The van der Waals surface area contributed by atoms with Crippen LogP contribution in [0.5, 0.6) is 0 Å². The SMILES string of the molecule is COC(=O)CC(N)C1CC=CC1. The first-order valence-corrected chi connectivity index (χ1v) is 4.21. The van der Waals surface area contributed by atoms with Crippen LogP contribution in [0.2, 0.25) is 0 Å². The molecule has 1 rings (SSSR count). The summed E-state index contributed by atoms with van der Waals surface area (Å²) in [7, 11) is 1.39. The zero-order chi connectivity index (χ0) is 8.97. The van der Waals surface area contributed by atoms with Gasteiger partial charge in [-0.15, -0.1) is 0 Å². The predicted octanol–water partition coefficient (Wildman–Crippen LogP) is 0.843. The van der Waals surface area contributed by atoms with Crippen molar-refractivity contribution in [3.05, 3.63) is 12.2 Å². The number of hydrogen-bond donors (Lipinski definition) is 1. The summed E-state index contributed by atoms with van der Waals surface area (Å²) in [6, 6.07) is -0.0487. The number of methoxy groups -OCH3 is 1. The Balaban J connectivity index is 2.27. The largest absolute Gasteiger partial charge is 0.469 e. The van der Waals surface area contributed by atoms with E-state index in [0.29, 0.717) is 12.3 Å². The molecule has 0 aromatic heterocycles. The van der Waals surface area contributed by atoms with E-state index in [1.54, 1.807) is 0 Å². The molecule has 1 aliphatic carbocycles. The predicted molar refractivity (Wildman–Crippen MR) is 46.5 cm³/mol. The van der Waals surface area contributed by atoms with Gasteiger partial charge >= 0.3 is 5.97 Å². The number of allylic oxidation sites excluding steroid dienone is 2. The van der Waals surface area contributed by atoms with Crippen LogP contribution >= 0.6 is 0 Å². The van der Waals surface area contributed by atoms with Gasteiger partial charge in [-0.05, 0) is 18.8 Å². The third-order valence-electron chi connectivity index (χ3n) is 2.28. The fourth-order valence-corrected chi connectivity index (χ4v) is 1.43. The van der Waals surface area contributed by atoms with E-state index >= 15 is 0 Å². The minimum Gasteiger partial charge on any atom is -0.469 e. The zero-order valence-electron chi connectivity index (χ0n) is 7.32. The molecular formula is C9H15NO2. The molecule has 68 valence electrons. The quantitative estimate of drug-likeness (QED) is 0.503. The number of carbonyl (C=O) groups is 1. The summed E-state index contributed by atoms with van der Waals surface area (Å²) in [5, 5.41) is 0. The van der Waals surface area contributed by atoms with Crippen molar-refractivity contribution in [2.75, 3.05) is 7.11 Å². The molecule has 0 bridgehead atoms. The molecule has 0 heterocycles. The number of ether oxygens (including phenoxy) is 1. The number of nitrogens with two attached hydrogens (primary N) is 1. The summed E-state index contributed by atoms with van der Waals surface area (Å²) in [6.45, 7) is 0. The maximum absolute atomic E-state index is 10.9. The Morgan fingerprint density at radius 3 is 2.75 bits per heavy atom. The van der Waals surface area contributed by atoms with Gasteiger partial charge in [0.25, 0.3) is 0 Å². The average Bonchev–Trinajstić information content (AvgIpc) is 2.56. The van der Waals surface area contributed by atoms with Crippen molar-refractivity contribution in [1.29, 1.82) is 0 Å². The van der Waals surface area contributed by atoms with Crippen molar-refractivity contribution in [1.82, 2.24) is 0 Å². The van der Waals surface area contributed by atoms with Crippen LogP contribution in [0.3, 0.4) is 0 Å². The molecule has 3 heteroatoms. The molecular weight excluding hydrogens is 154 g/mol. The lowest BCUT2D eigenvalue weighted by atomic mass is 9.96. The Kier molecular flexibility index (Phi) is 3.29. The van der Waals surface area contributed by atoms with Gasteiger partial charge in [-0.1, -0.05) is 12.2 Å². The molecule has 2 N–H and O–H groups in total. The Labute approximate surface area is 72.6 Å². The second kappa shape index (κ2) is 4.26. The molecule has 0 saturated heterocycles. The van der Waals surface area contributed by atoms with E-state index in [9.17, 15) is 4.79 Å². The molecule has 0 aromatic rings. The monoisotopic (exact) mass is 169 g/mol. The lowest BCUT2D eigenvalue weighted by Crippen LogP contribution is -2.31. The first kappa shape index (κ1) is 9.26. The molecule has 0 saturated carbocycles. The molecule has 3 nitrogen and oxygen atoms in total. The normalized spacial score (nSPS) is 19.5. The summed E-state index contributed by atoms with van der Waals surface area (Å²) in [5.41, 5.74) is 5.81. The van der Waals surface area contributed by atoms with Crippen molar-refractivity contribution in [2.24, 2.45) is 11.7 Å². The van der Waals surface area contributed by atoms with E-state index < -0.39 is 0 Å². The number of carbonyl (C=O) groups excluding carboxylic acids is 1. The standard InChI is InChI=1S/C9H15NO2/c1-12-9(11)6-8(10)7-4-2-3-5-7/h2-3,7-8H,4-6,10H2,1H3. The fraction of sp³-hybridized carbons (Fsp3) is 0.667. The van der Waals surface area contributed by atoms with Gasteiger partial charge in [0.05, 0.1) is 13.5 Å². The molecule has 0 aliphatic heterocycles. The van der Waals surface area contributed by atoms with Gasteiger partial charge in [0, 0.05) is 6.04 Å². The van der Waals surface area contributed by atoms with Crippen molar-refractivity contribution >= 4 is 5.97 Å². The molecule has 12 heavy (non-hydrogen) atoms. The van der Waals surface area contributed by atoms with E-state index in [-0.39, 0.29) is 12.0 Å². The van der Waals surface area contributed by atoms with E-state index in [0.717, 1.165) is 12.8 Å². The highest BCUT2D eigenvalue weighted by atomic mass is 16.5. The zero-order valence-corrected chi connectivity index (χ0v) is 7.32. The topological polar surface area (TPSA) is 52.3 Å². The second-order valence-corrected chi connectivity index (χ2v) is 3.15. The lowest BCUT2D eigenvalue weighted by molar-refractivity contribution is -0.141. The third-order valence-corrected chi connectivity index (χ3v) is 2.28. The van der Waals surface area contributed by atoms with Gasteiger partial charge in [0.1, 0.15) is 0 Å². The van der Waals surface area contributed by atoms with Gasteiger partial charge in [-0.2, -0.15) is 0 Å². The number of hydrogen-bond acceptors (Lipinski definition) is 3. The van der Waals surface area contributed by atoms with Crippen LogP contribution in [0.15, 0.2) is 12.2 Å². The first-order chi connectivity index (χ1) is 5.74. The second-order valence-electron chi connectivity index (χ2n) is 3.15. The number of esters is 1. The van der Waals surface area contributed by atoms with Gasteiger partial charge in [0.15, 0.2) is 0 Å².